The Morgan fingerprint density at radius 2 is 2.00 bits per heavy atom. The highest BCUT2D eigenvalue weighted by Gasteiger charge is 2.07. The van der Waals surface area contributed by atoms with E-state index in [1.807, 2.05) is 17.8 Å². The van der Waals surface area contributed by atoms with Gasteiger partial charge in [-0.2, -0.15) is 11.8 Å². The second-order valence-electron chi connectivity index (χ2n) is 5.11. The van der Waals surface area contributed by atoms with Crippen molar-refractivity contribution in [2.24, 2.45) is 0 Å². The summed E-state index contributed by atoms with van der Waals surface area (Å²) >= 11 is 7.24. The molecule has 0 saturated carbocycles. The highest BCUT2D eigenvalue weighted by molar-refractivity contribution is 7.98. The summed E-state index contributed by atoms with van der Waals surface area (Å²) in [6.45, 7) is 2.70. The van der Waals surface area contributed by atoms with E-state index in [4.69, 9.17) is 12.2 Å². The van der Waals surface area contributed by atoms with Gasteiger partial charge in [0, 0.05) is 6.54 Å². The number of imidazole rings is 1. The number of thioether (sulfide) groups is 1. The molecule has 1 heterocycles. The van der Waals surface area contributed by atoms with Gasteiger partial charge in [0.05, 0.1) is 11.0 Å². The third kappa shape index (κ3) is 3.64. The van der Waals surface area contributed by atoms with E-state index in [9.17, 15) is 4.39 Å². The zero-order valence-corrected chi connectivity index (χ0v) is 13.7. The van der Waals surface area contributed by atoms with Crippen molar-refractivity contribution in [3.05, 3.63) is 28.3 Å². The Bertz CT molecular complexity index is 631. The molecule has 0 spiro atoms. The van der Waals surface area contributed by atoms with Crippen molar-refractivity contribution in [2.75, 3.05) is 12.0 Å². The number of benzene rings is 1. The lowest BCUT2D eigenvalue weighted by Gasteiger charge is -2.05. The number of aromatic nitrogens is 2. The Hall–Kier alpha value is -0.810. The second-order valence-corrected chi connectivity index (χ2v) is 6.48. The fourth-order valence-corrected chi connectivity index (χ4v) is 3.17. The smallest absolute Gasteiger partial charge is 0.178 e. The molecule has 2 nitrogen and oxygen atoms in total. The predicted octanol–water partition coefficient (Wildman–Crippen LogP) is 5.07. The van der Waals surface area contributed by atoms with Crippen LogP contribution in [0.3, 0.4) is 0 Å². The van der Waals surface area contributed by atoms with E-state index in [0.717, 1.165) is 24.0 Å². The zero-order valence-electron chi connectivity index (χ0n) is 12.0. The van der Waals surface area contributed by atoms with E-state index >= 15 is 0 Å². The SMILES string of the molecule is CSCCCCCCn1c(=S)[nH]c2cc(F)c(C)cc21. The maximum atomic E-state index is 13.5. The largest absolute Gasteiger partial charge is 0.330 e. The van der Waals surface area contributed by atoms with Crippen LogP contribution >= 0.6 is 24.0 Å². The number of aryl methyl sites for hydroxylation is 2. The molecule has 5 heteroatoms. The number of unbranched alkanes of at least 4 members (excludes halogenated alkanes) is 3. The molecular weight excluding hydrogens is 291 g/mol. The molecule has 2 aromatic rings. The summed E-state index contributed by atoms with van der Waals surface area (Å²) in [5.74, 6) is 1.06. The summed E-state index contributed by atoms with van der Waals surface area (Å²) in [5, 5.41) is 0. The van der Waals surface area contributed by atoms with Gasteiger partial charge in [-0.25, -0.2) is 4.39 Å². The van der Waals surface area contributed by atoms with Gasteiger partial charge in [0.15, 0.2) is 4.77 Å². The van der Waals surface area contributed by atoms with E-state index in [2.05, 4.69) is 15.8 Å². The van der Waals surface area contributed by atoms with Gasteiger partial charge in [-0.15, -0.1) is 0 Å². The van der Waals surface area contributed by atoms with Crippen molar-refractivity contribution in [3.63, 3.8) is 0 Å². The quantitative estimate of drug-likeness (QED) is 0.569. The maximum absolute atomic E-state index is 13.5. The van der Waals surface area contributed by atoms with Crippen LogP contribution in [0.4, 0.5) is 4.39 Å². The summed E-state index contributed by atoms with van der Waals surface area (Å²) in [7, 11) is 0. The van der Waals surface area contributed by atoms with Crippen LogP contribution in [-0.2, 0) is 6.54 Å². The normalized spacial score (nSPS) is 11.3. The average molecular weight is 312 g/mol. The fourth-order valence-electron chi connectivity index (χ4n) is 2.37. The first-order valence-corrected chi connectivity index (χ1v) is 8.81. The molecule has 1 aromatic heterocycles. The molecule has 2 rings (SSSR count). The summed E-state index contributed by atoms with van der Waals surface area (Å²) in [5.41, 5.74) is 2.47. The predicted molar refractivity (Wildman–Crippen MR) is 88.7 cm³/mol. The van der Waals surface area contributed by atoms with Crippen LogP contribution in [0, 0.1) is 17.5 Å². The standard InChI is InChI=1S/C15H21FN2S2/c1-11-9-14-13(10-12(11)16)17-15(19)18(14)7-5-3-4-6-8-20-2/h9-10H,3-8H2,1-2H3,(H,17,19). The molecule has 0 atom stereocenters. The number of hydrogen-bond acceptors (Lipinski definition) is 2. The molecule has 0 aliphatic heterocycles. The molecule has 1 N–H and O–H groups in total. The Morgan fingerprint density at radius 1 is 1.25 bits per heavy atom. The molecule has 0 fully saturated rings. The minimum absolute atomic E-state index is 0.182. The third-order valence-electron chi connectivity index (χ3n) is 3.53. The molecule has 110 valence electrons. The first-order valence-electron chi connectivity index (χ1n) is 7.01. The Balaban J connectivity index is 2.04. The van der Waals surface area contributed by atoms with Gasteiger partial charge in [-0.1, -0.05) is 12.8 Å². The highest BCUT2D eigenvalue weighted by atomic mass is 32.2. The number of nitrogens with one attached hydrogen (secondary N) is 1. The van der Waals surface area contributed by atoms with Gasteiger partial charge in [-0.3, -0.25) is 0 Å². The lowest BCUT2D eigenvalue weighted by molar-refractivity contribution is 0.588. The van der Waals surface area contributed by atoms with Crippen LogP contribution < -0.4 is 0 Å². The molecule has 0 unspecified atom stereocenters. The second kappa shape index (κ2) is 7.27. The van der Waals surface area contributed by atoms with Crippen molar-refractivity contribution < 1.29 is 4.39 Å². The van der Waals surface area contributed by atoms with E-state index in [-0.39, 0.29) is 5.82 Å². The Labute approximate surface area is 128 Å². The van der Waals surface area contributed by atoms with Gasteiger partial charge in [0.1, 0.15) is 5.82 Å². The van der Waals surface area contributed by atoms with Crippen molar-refractivity contribution in [2.45, 2.75) is 39.2 Å². The third-order valence-corrected chi connectivity index (χ3v) is 4.55. The van der Waals surface area contributed by atoms with E-state index < -0.39 is 0 Å². The lowest BCUT2D eigenvalue weighted by Crippen LogP contribution is -1.98. The van der Waals surface area contributed by atoms with Crippen LogP contribution in [0.5, 0.6) is 0 Å². The molecule has 0 radical (unpaired) electrons. The van der Waals surface area contributed by atoms with Gasteiger partial charge in [0.25, 0.3) is 0 Å². The Morgan fingerprint density at radius 3 is 2.75 bits per heavy atom. The van der Waals surface area contributed by atoms with E-state index in [0.29, 0.717) is 10.3 Å². The number of hydrogen-bond donors (Lipinski definition) is 1. The Kier molecular flexibility index (Phi) is 5.66. The minimum atomic E-state index is -0.182. The molecule has 0 amide bonds. The number of H-pyrrole nitrogens is 1. The van der Waals surface area contributed by atoms with Crippen LogP contribution in [0.25, 0.3) is 11.0 Å². The fraction of sp³-hybridized carbons (Fsp3) is 0.533. The van der Waals surface area contributed by atoms with Crippen molar-refractivity contribution >= 4 is 35.0 Å². The van der Waals surface area contributed by atoms with Gasteiger partial charge >= 0.3 is 0 Å². The van der Waals surface area contributed by atoms with Crippen LogP contribution in [0.15, 0.2) is 12.1 Å². The number of aromatic amines is 1. The summed E-state index contributed by atoms with van der Waals surface area (Å²) in [6.07, 6.45) is 7.03. The minimum Gasteiger partial charge on any atom is -0.330 e. The molecule has 20 heavy (non-hydrogen) atoms. The number of rotatable bonds is 7. The van der Waals surface area contributed by atoms with Crippen molar-refractivity contribution in [3.8, 4) is 0 Å². The molecule has 1 aromatic carbocycles. The molecular formula is C15H21FN2S2. The monoisotopic (exact) mass is 312 g/mol. The molecule has 0 saturated heterocycles. The van der Waals surface area contributed by atoms with Gasteiger partial charge in [0.2, 0.25) is 0 Å². The van der Waals surface area contributed by atoms with Gasteiger partial charge < -0.3 is 9.55 Å². The van der Waals surface area contributed by atoms with E-state index in [1.54, 1.807) is 6.92 Å². The van der Waals surface area contributed by atoms with Crippen molar-refractivity contribution in [1.29, 1.82) is 0 Å². The summed E-state index contributed by atoms with van der Waals surface area (Å²) in [4.78, 5) is 3.09. The van der Waals surface area contributed by atoms with E-state index in [1.165, 1.54) is 31.1 Å². The van der Waals surface area contributed by atoms with Crippen LogP contribution in [-0.4, -0.2) is 21.6 Å². The average Bonchev–Trinajstić information content (AvgIpc) is 2.70. The number of fused-ring (bicyclic) bond motifs is 1. The molecule has 0 aliphatic carbocycles. The molecule has 0 aliphatic rings. The number of nitrogens with zero attached hydrogens (tertiary/aromatic N) is 1. The topological polar surface area (TPSA) is 20.7 Å². The van der Waals surface area contributed by atoms with Crippen LogP contribution in [0.2, 0.25) is 0 Å². The summed E-state index contributed by atoms with van der Waals surface area (Å²) in [6, 6.07) is 3.42. The summed E-state index contributed by atoms with van der Waals surface area (Å²) < 4.78 is 16.3. The lowest BCUT2D eigenvalue weighted by atomic mass is 10.2. The molecule has 0 bridgehead atoms. The first kappa shape index (κ1) is 15.6. The highest BCUT2D eigenvalue weighted by Crippen LogP contribution is 2.19. The maximum Gasteiger partial charge on any atom is 0.178 e. The van der Waals surface area contributed by atoms with Gasteiger partial charge in [-0.05, 0) is 61.7 Å². The number of halogens is 1. The van der Waals surface area contributed by atoms with Crippen molar-refractivity contribution in [1.82, 2.24) is 9.55 Å². The zero-order chi connectivity index (χ0) is 14.5. The van der Waals surface area contributed by atoms with Crippen LogP contribution in [0.1, 0.15) is 31.2 Å². The first-order chi connectivity index (χ1) is 9.63.